The molecule has 3 nitrogen and oxygen atoms in total. The van der Waals surface area contributed by atoms with E-state index in [9.17, 15) is 4.79 Å². The van der Waals surface area contributed by atoms with Gasteiger partial charge >= 0.3 is 0 Å². The van der Waals surface area contributed by atoms with Crippen LogP contribution in [-0.2, 0) is 0 Å². The Balaban J connectivity index is 2.68. The Morgan fingerprint density at radius 3 is 3.00 bits per heavy atom. The number of aromatic nitrogens is 2. The van der Waals surface area contributed by atoms with E-state index >= 15 is 0 Å². The van der Waals surface area contributed by atoms with E-state index in [0.29, 0.717) is 5.82 Å². The van der Waals surface area contributed by atoms with Crippen LogP contribution in [0.2, 0.25) is 0 Å². The van der Waals surface area contributed by atoms with Crippen molar-refractivity contribution in [3.63, 3.8) is 0 Å². The van der Waals surface area contributed by atoms with Crippen LogP contribution in [0, 0.1) is 6.92 Å². The van der Waals surface area contributed by atoms with Gasteiger partial charge in [-0.05, 0) is 24.6 Å². The zero-order valence-electron chi connectivity index (χ0n) is 7.87. The molecule has 0 saturated carbocycles. The molecule has 0 radical (unpaired) electrons. The molecule has 0 aliphatic heterocycles. The SMILES string of the molecule is C=CC(=O)c1nc2c(C)cccc2[nH]1. The van der Waals surface area contributed by atoms with Crippen molar-refractivity contribution < 1.29 is 4.79 Å². The van der Waals surface area contributed by atoms with E-state index in [1.807, 2.05) is 25.1 Å². The number of aromatic amines is 1. The second-order valence-electron chi connectivity index (χ2n) is 3.12. The Kier molecular flexibility index (Phi) is 1.93. The van der Waals surface area contributed by atoms with Gasteiger partial charge in [0.1, 0.15) is 0 Å². The van der Waals surface area contributed by atoms with E-state index in [1.165, 1.54) is 6.08 Å². The van der Waals surface area contributed by atoms with Crippen molar-refractivity contribution in [3.05, 3.63) is 42.2 Å². The van der Waals surface area contributed by atoms with Crippen LogP contribution in [0.5, 0.6) is 0 Å². The van der Waals surface area contributed by atoms with E-state index in [2.05, 4.69) is 16.5 Å². The number of H-pyrrole nitrogens is 1. The molecule has 0 spiro atoms. The van der Waals surface area contributed by atoms with Crippen molar-refractivity contribution >= 4 is 16.8 Å². The number of carbonyl (C=O) groups is 1. The van der Waals surface area contributed by atoms with E-state index in [-0.39, 0.29) is 5.78 Å². The molecule has 70 valence electrons. The van der Waals surface area contributed by atoms with Crippen LogP contribution in [0.3, 0.4) is 0 Å². The molecule has 0 aliphatic carbocycles. The van der Waals surface area contributed by atoms with Gasteiger partial charge in [-0.15, -0.1) is 0 Å². The lowest BCUT2D eigenvalue weighted by molar-refractivity contribution is 0.103. The van der Waals surface area contributed by atoms with Crippen LogP contribution in [0.15, 0.2) is 30.9 Å². The number of imidazole rings is 1. The molecule has 0 atom stereocenters. The van der Waals surface area contributed by atoms with Crippen LogP contribution >= 0.6 is 0 Å². The number of hydrogen-bond acceptors (Lipinski definition) is 2. The summed E-state index contributed by atoms with van der Waals surface area (Å²) in [5.41, 5.74) is 2.79. The van der Waals surface area contributed by atoms with Crippen LogP contribution in [0.1, 0.15) is 16.2 Å². The highest BCUT2D eigenvalue weighted by atomic mass is 16.1. The molecule has 3 heteroatoms. The third-order valence-electron chi connectivity index (χ3n) is 2.13. The first-order valence-corrected chi connectivity index (χ1v) is 4.34. The quantitative estimate of drug-likeness (QED) is 0.577. The summed E-state index contributed by atoms with van der Waals surface area (Å²) in [6.45, 7) is 5.38. The number of benzene rings is 1. The molecular weight excluding hydrogens is 176 g/mol. The monoisotopic (exact) mass is 186 g/mol. The molecule has 2 aromatic rings. The maximum Gasteiger partial charge on any atom is 0.220 e. The van der Waals surface area contributed by atoms with Gasteiger partial charge in [0, 0.05) is 0 Å². The van der Waals surface area contributed by atoms with Crippen LogP contribution in [0.4, 0.5) is 0 Å². The van der Waals surface area contributed by atoms with Gasteiger partial charge in [0.2, 0.25) is 5.78 Å². The summed E-state index contributed by atoms with van der Waals surface area (Å²) in [5, 5.41) is 0. The highest BCUT2D eigenvalue weighted by molar-refractivity contribution is 6.03. The van der Waals surface area contributed by atoms with Crippen LogP contribution in [0.25, 0.3) is 11.0 Å². The van der Waals surface area contributed by atoms with E-state index in [0.717, 1.165) is 16.6 Å². The smallest absolute Gasteiger partial charge is 0.220 e. The van der Waals surface area contributed by atoms with Gasteiger partial charge in [-0.2, -0.15) is 0 Å². The second-order valence-corrected chi connectivity index (χ2v) is 3.12. The summed E-state index contributed by atoms with van der Waals surface area (Å²) >= 11 is 0. The molecule has 0 unspecified atom stereocenters. The molecule has 1 heterocycles. The predicted octanol–water partition coefficient (Wildman–Crippen LogP) is 2.24. The maximum atomic E-state index is 11.3. The highest BCUT2D eigenvalue weighted by Gasteiger charge is 2.08. The molecule has 0 amide bonds. The third kappa shape index (κ3) is 1.23. The minimum absolute atomic E-state index is 0.180. The summed E-state index contributed by atoms with van der Waals surface area (Å²) in [6.07, 6.45) is 1.26. The first-order valence-electron chi connectivity index (χ1n) is 4.34. The molecule has 0 bridgehead atoms. The Morgan fingerprint density at radius 2 is 2.36 bits per heavy atom. The first-order chi connectivity index (χ1) is 6.72. The third-order valence-corrected chi connectivity index (χ3v) is 2.13. The standard InChI is InChI=1S/C11H10N2O/c1-3-9(14)11-12-8-6-4-5-7(2)10(8)13-11/h3-6H,1H2,2H3,(H,12,13). The van der Waals surface area contributed by atoms with Crippen LogP contribution in [-0.4, -0.2) is 15.8 Å². The van der Waals surface area contributed by atoms with Crippen molar-refractivity contribution in [2.24, 2.45) is 0 Å². The average molecular weight is 186 g/mol. The van der Waals surface area contributed by atoms with Gasteiger partial charge < -0.3 is 4.98 Å². The van der Waals surface area contributed by atoms with E-state index < -0.39 is 0 Å². The molecule has 1 N–H and O–H groups in total. The zero-order valence-corrected chi connectivity index (χ0v) is 7.87. The Hall–Kier alpha value is -1.90. The fraction of sp³-hybridized carbons (Fsp3) is 0.0909. The lowest BCUT2D eigenvalue weighted by Crippen LogP contribution is -1.95. The summed E-state index contributed by atoms with van der Waals surface area (Å²) in [6, 6.07) is 5.79. The number of fused-ring (bicyclic) bond motifs is 1. The average Bonchev–Trinajstić information content (AvgIpc) is 2.62. The summed E-state index contributed by atoms with van der Waals surface area (Å²) in [7, 11) is 0. The lowest BCUT2D eigenvalue weighted by atomic mass is 10.2. The molecule has 1 aromatic carbocycles. The van der Waals surface area contributed by atoms with Crippen molar-refractivity contribution in [2.75, 3.05) is 0 Å². The molecule has 1 aromatic heterocycles. The fourth-order valence-corrected chi connectivity index (χ4v) is 1.39. The van der Waals surface area contributed by atoms with Crippen LogP contribution < -0.4 is 0 Å². The van der Waals surface area contributed by atoms with Gasteiger partial charge in [-0.1, -0.05) is 18.7 Å². The number of hydrogen-bond donors (Lipinski definition) is 1. The minimum atomic E-state index is -0.180. The van der Waals surface area contributed by atoms with Crippen molar-refractivity contribution in [3.8, 4) is 0 Å². The second kappa shape index (κ2) is 3.10. The molecule has 0 aliphatic rings. The predicted molar refractivity (Wildman–Crippen MR) is 55.4 cm³/mol. The van der Waals surface area contributed by atoms with Gasteiger partial charge in [0.05, 0.1) is 11.0 Å². The maximum absolute atomic E-state index is 11.3. The molecule has 0 fully saturated rings. The van der Waals surface area contributed by atoms with Gasteiger partial charge in [-0.3, -0.25) is 4.79 Å². The Bertz CT molecular complexity index is 511. The fourth-order valence-electron chi connectivity index (χ4n) is 1.39. The van der Waals surface area contributed by atoms with Gasteiger partial charge in [0.15, 0.2) is 5.82 Å². The van der Waals surface area contributed by atoms with Gasteiger partial charge in [-0.25, -0.2) is 4.98 Å². The number of nitrogens with zero attached hydrogens (tertiary/aromatic N) is 1. The first kappa shape index (κ1) is 8.69. The number of aryl methyl sites for hydroxylation is 1. The number of nitrogens with one attached hydrogen (secondary N) is 1. The van der Waals surface area contributed by atoms with Gasteiger partial charge in [0.25, 0.3) is 0 Å². The summed E-state index contributed by atoms with van der Waals surface area (Å²) < 4.78 is 0. The van der Waals surface area contributed by atoms with Crippen molar-refractivity contribution in [2.45, 2.75) is 6.92 Å². The van der Waals surface area contributed by atoms with E-state index in [4.69, 9.17) is 0 Å². The number of carbonyl (C=O) groups excluding carboxylic acids is 1. The number of ketones is 1. The summed E-state index contributed by atoms with van der Waals surface area (Å²) in [4.78, 5) is 18.4. The number of para-hydroxylation sites is 1. The molecule has 14 heavy (non-hydrogen) atoms. The Labute approximate surface area is 81.5 Å². The number of rotatable bonds is 2. The molecule has 2 rings (SSSR count). The summed E-state index contributed by atoms with van der Waals surface area (Å²) in [5.74, 6) is 0.171. The van der Waals surface area contributed by atoms with Crippen molar-refractivity contribution in [1.82, 2.24) is 9.97 Å². The zero-order chi connectivity index (χ0) is 10.1. The van der Waals surface area contributed by atoms with Crippen molar-refractivity contribution in [1.29, 1.82) is 0 Å². The largest absolute Gasteiger partial charge is 0.335 e. The van der Waals surface area contributed by atoms with E-state index in [1.54, 1.807) is 0 Å². The minimum Gasteiger partial charge on any atom is -0.335 e. The normalized spacial score (nSPS) is 10.4. The topological polar surface area (TPSA) is 45.8 Å². The lowest BCUT2D eigenvalue weighted by Gasteiger charge is -1.90. The molecular formula is C11H10N2O. The number of allylic oxidation sites excluding steroid dienone is 1. The molecule has 0 saturated heterocycles. The Morgan fingerprint density at radius 1 is 1.57 bits per heavy atom. The highest BCUT2D eigenvalue weighted by Crippen LogP contribution is 2.15.